The Morgan fingerprint density at radius 3 is 3.00 bits per heavy atom. The summed E-state index contributed by atoms with van der Waals surface area (Å²) in [6.07, 6.45) is 2.97. The third-order valence-electron chi connectivity index (χ3n) is 2.82. The fraction of sp³-hybridized carbons (Fsp3) is 0.286. The first-order valence-electron chi connectivity index (χ1n) is 6.22. The predicted molar refractivity (Wildman–Crippen MR) is 79.3 cm³/mol. The Bertz CT molecular complexity index is 598. The molecule has 0 aliphatic rings. The lowest BCUT2D eigenvalue weighted by atomic mass is 10.3. The van der Waals surface area contributed by atoms with Gasteiger partial charge in [0, 0.05) is 23.9 Å². The largest absolute Gasteiger partial charge is 0.481 e. The van der Waals surface area contributed by atoms with E-state index in [1.54, 1.807) is 13.1 Å². The second-order valence-corrected chi connectivity index (χ2v) is 5.31. The van der Waals surface area contributed by atoms with Crippen molar-refractivity contribution in [3.8, 4) is 5.75 Å². The van der Waals surface area contributed by atoms with Gasteiger partial charge < -0.3 is 14.6 Å². The van der Waals surface area contributed by atoms with Crippen LogP contribution < -0.4 is 10.1 Å². The lowest BCUT2D eigenvalue weighted by molar-refractivity contribution is -0.127. The Kier molecular flexibility index (Phi) is 4.79. The first kappa shape index (κ1) is 14.6. The summed E-state index contributed by atoms with van der Waals surface area (Å²) in [6.45, 7) is 2.10. The highest BCUT2D eigenvalue weighted by molar-refractivity contribution is 9.10. The Morgan fingerprint density at radius 2 is 2.35 bits per heavy atom. The molecule has 1 N–H and O–H groups in total. The third kappa shape index (κ3) is 3.84. The number of ether oxygens (including phenoxy) is 1. The zero-order chi connectivity index (χ0) is 14.5. The lowest BCUT2D eigenvalue weighted by Crippen LogP contribution is -2.36. The topological polar surface area (TPSA) is 56.1 Å². The molecule has 0 aliphatic carbocycles. The van der Waals surface area contributed by atoms with E-state index in [9.17, 15) is 4.79 Å². The summed E-state index contributed by atoms with van der Waals surface area (Å²) >= 11 is 3.36. The zero-order valence-electron chi connectivity index (χ0n) is 11.3. The maximum atomic E-state index is 12.0. The van der Waals surface area contributed by atoms with Crippen molar-refractivity contribution in [3.05, 3.63) is 47.0 Å². The van der Waals surface area contributed by atoms with Crippen molar-refractivity contribution >= 4 is 21.8 Å². The minimum absolute atomic E-state index is 0.173. The van der Waals surface area contributed by atoms with E-state index in [-0.39, 0.29) is 5.91 Å². The molecule has 0 unspecified atom stereocenters. The number of aromatic nitrogens is 2. The highest BCUT2D eigenvalue weighted by Gasteiger charge is 2.15. The number of hydrogen-bond acceptors (Lipinski definition) is 3. The maximum Gasteiger partial charge on any atom is 0.261 e. The maximum absolute atomic E-state index is 12.0. The van der Waals surface area contributed by atoms with Crippen LogP contribution in [0.2, 0.25) is 0 Å². The van der Waals surface area contributed by atoms with E-state index in [1.807, 2.05) is 42.1 Å². The number of nitrogens with one attached hydrogen (secondary N) is 1. The predicted octanol–water partition coefficient (Wildman–Crippen LogP) is 2.27. The molecule has 0 saturated heterocycles. The SMILES string of the molecule is C[C@H](Oc1cccc(Br)c1)C(=O)NCc1nccn1C. The van der Waals surface area contributed by atoms with Gasteiger partial charge in [0.25, 0.3) is 5.91 Å². The van der Waals surface area contributed by atoms with E-state index in [0.29, 0.717) is 12.3 Å². The summed E-state index contributed by atoms with van der Waals surface area (Å²) in [4.78, 5) is 16.1. The average molecular weight is 338 g/mol. The lowest BCUT2D eigenvalue weighted by Gasteiger charge is -2.14. The molecule has 1 amide bonds. The molecule has 0 bridgehead atoms. The van der Waals surface area contributed by atoms with Gasteiger partial charge in [-0.05, 0) is 25.1 Å². The van der Waals surface area contributed by atoms with Crippen LogP contribution in [0.5, 0.6) is 5.75 Å². The van der Waals surface area contributed by atoms with Crippen LogP contribution in [0.4, 0.5) is 0 Å². The highest BCUT2D eigenvalue weighted by atomic mass is 79.9. The van der Waals surface area contributed by atoms with E-state index in [1.165, 1.54) is 0 Å². The number of aryl methyl sites for hydroxylation is 1. The summed E-state index contributed by atoms with van der Waals surface area (Å²) in [6, 6.07) is 7.40. The van der Waals surface area contributed by atoms with E-state index in [4.69, 9.17) is 4.74 Å². The normalized spacial score (nSPS) is 11.9. The van der Waals surface area contributed by atoms with Gasteiger partial charge in [-0.25, -0.2) is 4.98 Å². The van der Waals surface area contributed by atoms with Crippen LogP contribution in [0, 0.1) is 0 Å². The van der Waals surface area contributed by atoms with Crippen LogP contribution in [0.1, 0.15) is 12.7 Å². The van der Waals surface area contributed by atoms with Crippen LogP contribution in [0.3, 0.4) is 0 Å². The number of carbonyl (C=O) groups excluding carboxylic acids is 1. The van der Waals surface area contributed by atoms with Crippen LogP contribution in [-0.4, -0.2) is 21.6 Å². The van der Waals surface area contributed by atoms with Gasteiger partial charge in [0.05, 0.1) is 6.54 Å². The van der Waals surface area contributed by atoms with E-state index in [0.717, 1.165) is 10.3 Å². The second kappa shape index (κ2) is 6.56. The monoisotopic (exact) mass is 337 g/mol. The second-order valence-electron chi connectivity index (χ2n) is 4.39. The van der Waals surface area contributed by atoms with Gasteiger partial charge >= 0.3 is 0 Å². The van der Waals surface area contributed by atoms with Gasteiger partial charge in [-0.1, -0.05) is 22.0 Å². The molecule has 0 fully saturated rings. The van der Waals surface area contributed by atoms with Crippen molar-refractivity contribution in [2.75, 3.05) is 0 Å². The van der Waals surface area contributed by atoms with Gasteiger partial charge in [-0.15, -0.1) is 0 Å². The number of imidazole rings is 1. The summed E-state index contributed by atoms with van der Waals surface area (Å²) in [5.74, 6) is 1.28. The van der Waals surface area contributed by atoms with Crippen molar-refractivity contribution in [1.82, 2.24) is 14.9 Å². The minimum atomic E-state index is -0.565. The van der Waals surface area contributed by atoms with Gasteiger partial charge in [0.2, 0.25) is 0 Å². The molecule has 5 nitrogen and oxygen atoms in total. The molecule has 1 aromatic heterocycles. The Morgan fingerprint density at radius 1 is 1.55 bits per heavy atom. The van der Waals surface area contributed by atoms with E-state index >= 15 is 0 Å². The molecule has 20 heavy (non-hydrogen) atoms. The summed E-state index contributed by atoms with van der Waals surface area (Å²) in [5.41, 5.74) is 0. The van der Waals surface area contributed by atoms with Crippen molar-refractivity contribution in [1.29, 1.82) is 0 Å². The zero-order valence-corrected chi connectivity index (χ0v) is 12.9. The Balaban J connectivity index is 1.87. The number of halogens is 1. The quantitative estimate of drug-likeness (QED) is 0.910. The molecule has 2 aromatic rings. The first-order chi connectivity index (χ1) is 9.56. The molecule has 106 valence electrons. The van der Waals surface area contributed by atoms with Gasteiger partial charge in [-0.2, -0.15) is 0 Å². The highest BCUT2D eigenvalue weighted by Crippen LogP contribution is 2.18. The van der Waals surface area contributed by atoms with Crippen LogP contribution in [-0.2, 0) is 18.4 Å². The number of benzene rings is 1. The summed E-state index contributed by atoms with van der Waals surface area (Å²) in [7, 11) is 1.88. The molecule has 1 atom stereocenters. The van der Waals surface area contributed by atoms with Crippen molar-refractivity contribution in [2.45, 2.75) is 19.6 Å². The van der Waals surface area contributed by atoms with Crippen molar-refractivity contribution in [3.63, 3.8) is 0 Å². The Hall–Kier alpha value is -1.82. The fourth-order valence-corrected chi connectivity index (χ4v) is 2.05. The molecule has 1 aromatic carbocycles. The summed E-state index contributed by atoms with van der Waals surface area (Å²) < 4.78 is 8.36. The molecule has 2 rings (SSSR count). The van der Waals surface area contributed by atoms with Crippen LogP contribution in [0.25, 0.3) is 0 Å². The molecule has 0 spiro atoms. The van der Waals surface area contributed by atoms with Gasteiger partial charge in [0.1, 0.15) is 11.6 Å². The minimum Gasteiger partial charge on any atom is -0.481 e. The molecule has 0 radical (unpaired) electrons. The standard InChI is InChI=1S/C14H16BrN3O2/c1-10(20-12-5-3-4-11(15)8-12)14(19)17-9-13-16-6-7-18(13)2/h3-8,10H,9H2,1-2H3,(H,17,19)/t10-/m0/s1. The average Bonchev–Trinajstić information content (AvgIpc) is 2.81. The Labute approximate surface area is 126 Å². The fourth-order valence-electron chi connectivity index (χ4n) is 1.67. The number of rotatable bonds is 5. The number of amides is 1. The van der Waals surface area contributed by atoms with E-state index in [2.05, 4.69) is 26.2 Å². The first-order valence-corrected chi connectivity index (χ1v) is 7.01. The van der Waals surface area contributed by atoms with Crippen LogP contribution in [0.15, 0.2) is 41.1 Å². The van der Waals surface area contributed by atoms with Gasteiger partial charge in [-0.3, -0.25) is 4.79 Å². The third-order valence-corrected chi connectivity index (χ3v) is 3.31. The molecule has 0 aliphatic heterocycles. The molecular weight excluding hydrogens is 322 g/mol. The van der Waals surface area contributed by atoms with Gasteiger partial charge in [0.15, 0.2) is 6.10 Å². The molecule has 1 heterocycles. The number of hydrogen-bond donors (Lipinski definition) is 1. The summed E-state index contributed by atoms with van der Waals surface area (Å²) in [5, 5.41) is 2.80. The van der Waals surface area contributed by atoms with Crippen molar-refractivity contribution in [2.24, 2.45) is 7.05 Å². The van der Waals surface area contributed by atoms with Crippen LogP contribution >= 0.6 is 15.9 Å². The molecular formula is C14H16BrN3O2. The van der Waals surface area contributed by atoms with E-state index < -0.39 is 6.10 Å². The molecule has 0 saturated carbocycles. The number of nitrogens with zero attached hydrogens (tertiary/aromatic N) is 2. The van der Waals surface area contributed by atoms with Crippen molar-refractivity contribution < 1.29 is 9.53 Å². The smallest absolute Gasteiger partial charge is 0.261 e. The molecule has 6 heteroatoms. The number of carbonyl (C=O) groups is 1.